The average molecular weight is 311 g/mol. The number of hydrogen-bond donors (Lipinski definition) is 3. The zero-order valence-electron chi connectivity index (χ0n) is 12.9. The highest BCUT2D eigenvalue weighted by atomic mass is 16.5. The van der Waals surface area contributed by atoms with Crippen LogP contribution >= 0.6 is 0 Å². The Balaban J connectivity index is 2.10. The van der Waals surface area contributed by atoms with E-state index >= 15 is 0 Å². The normalized spacial score (nSPS) is 19.5. The zero-order chi connectivity index (χ0) is 16.4. The number of aliphatic hydroxyl groups is 1. The maximum absolute atomic E-state index is 11.5. The fourth-order valence-electron chi connectivity index (χ4n) is 3.28. The summed E-state index contributed by atoms with van der Waals surface area (Å²) in [5.74, 6) is 0.699. The molecule has 0 aliphatic carbocycles. The van der Waals surface area contributed by atoms with E-state index in [0.717, 1.165) is 33.7 Å². The van der Waals surface area contributed by atoms with Gasteiger partial charge in [0, 0.05) is 28.8 Å². The van der Waals surface area contributed by atoms with E-state index in [-0.39, 0.29) is 5.75 Å². The molecule has 0 saturated heterocycles. The molecule has 0 unspecified atom stereocenters. The Morgan fingerprint density at radius 1 is 1.30 bits per heavy atom. The van der Waals surface area contributed by atoms with Crippen molar-refractivity contribution in [1.29, 1.82) is 0 Å². The van der Waals surface area contributed by atoms with E-state index in [1.807, 2.05) is 19.9 Å². The molecule has 0 fully saturated rings. The van der Waals surface area contributed by atoms with E-state index in [9.17, 15) is 15.0 Å². The van der Waals surface area contributed by atoms with E-state index in [4.69, 9.17) is 4.74 Å². The number of phenols is 1. The van der Waals surface area contributed by atoms with Gasteiger partial charge in [-0.2, -0.15) is 0 Å². The Morgan fingerprint density at radius 3 is 2.83 bits per heavy atom. The van der Waals surface area contributed by atoms with Crippen LogP contribution in [0.15, 0.2) is 24.3 Å². The van der Waals surface area contributed by atoms with Gasteiger partial charge < -0.3 is 19.9 Å². The van der Waals surface area contributed by atoms with Gasteiger partial charge in [0.2, 0.25) is 0 Å². The lowest BCUT2D eigenvalue weighted by Gasteiger charge is -2.37. The van der Waals surface area contributed by atoms with Gasteiger partial charge in [-0.3, -0.25) is 4.79 Å². The lowest BCUT2D eigenvalue weighted by molar-refractivity contribution is -0.0409. The molecule has 5 nitrogen and oxygen atoms in total. The first-order valence-corrected chi connectivity index (χ1v) is 7.53. The first kappa shape index (κ1) is 14.1. The third-order valence-corrected chi connectivity index (χ3v) is 4.65. The van der Waals surface area contributed by atoms with Crippen molar-refractivity contribution >= 4 is 28.1 Å². The maximum Gasteiger partial charge on any atom is 0.153 e. The number of carbonyl (C=O) groups excluding carboxylic acids is 1. The van der Waals surface area contributed by atoms with Crippen LogP contribution in [0.3, 0.4) is 0 Å². The monoisotopic (exact) mass is 311 g/mol. The fourth-order valence-corrected chi connectivity index (χ4v) is 3.28. The smallest absolute Gasteiger partial charge is 0.153 e. The number of aldehydes is 1. The summed E-state index contributed by atoms with van der Waals surface area (Å²) in [5, 5.41) is 21.8. The predicted octanol–water partition coefficient (Wildman–Crippen LogP) is 2.91. The van der Waals surface area contributed by atoms with E-state index in [2.05, 4.69) is 4.98 Å². The number of rotatable bonds is 1. The van der Waals surface area contributed by atoms with Crippen LogP contribution in [-0.4, -0.2) is 33.2 Å². The van der Waals surface area contributed by atoms with E-state index < -0.39 is 11.7 Å². The van der Waals surface area contributed by atoms with Crippen molar-refractivity contribution in [3.63, 3.8) is 0 Å². The van der Waals surface area contributed by atoms with Crippen LogP contribution in [0.4, 0.5) is 0 Å². The highest BCUT2D eigenvalue weighted by Crippen LogP contribution is 2.42. The number of aromatic hydroxyl groups is 1. The topological polar surface area (TPSA) is 82.6 Å². The summed E-state index contributed by atoms with van der Waals surface area (Å²) in [6.45, 7) is 3.62. The van der Waals surface area contributed by atoms with Crippen LogP contribution in [0.5, 0.6) is 11.5 Å². The van der Waals surface area contributed by atoms with Gasteiger partial charge in [-0.1, -0.05) is 0 Å². The first-order chi connectivity index (χ1) is 10.9. The molecule has 3 aromatic rings. The lowest BCUT2D eigenvalue weighted by atomic mass is 9.88. The minimum atomic E-state index is -0.747. The van der Waals surface area contributed by atoms with Crippen molar-refractivity contribution < 1.29 is 19.7 Å². The minimum absolute atomic E-state index is 0.172. The Kier molecular flexibility index (Phi) is 2.75. The maximum atomic E-state index is 11.5. The minimum Gasteiger partial charge on any atom is -0.508 e. The van der Waals surface area contributed by atoms with Crippen LogP contribution in [0, 0.1) is 0 Å². The molecule has 1 aliphatic rings. The molecule has 2 aromatic carbocycles. The van der Waals surface area contributed by atoms with Gasteiger partial charge in [0.05, 0.1) is 22.7 Å². The van der Waals surface area contributed by atoms with Crippen molar-refractivity contribution in [3.8, 4) is 11.5 Å². The summed E-state index contributed by atoms with van der Waals surface area (Å²) in [7, 11) is 0. The molecule has 1 aromatic heterocycles. The molecule has 1 aliphatic heterocycles. The summed E-state index contributed by atoms with van der Waals surface area (Å²) in [6, 6.07) is 6.87. The molecule has 0 saturated carbocycles. The number of ether oxygens (including phenoxy) is 1. The molecule has 0 radical (unpaired) electrons. The molecule has 0 amide bonds. The quantitative estimate of drug-likeness (QED) is 0.603. The van der Waals surface area contributed by atoms with Crippen molar-refractivity contribution in [2.45, 2.75) is 32.0 Å². The molecule has 0 bridgehead atoms. The SMILES string of the molecule is CC1(C)Oc2c(C=O)cc3c([nH]c4cc(O)ccc43)c2C[C@@H]1O. The molecule has 118 valence electrons. The molecular formula is C18H17NO4. The zero-order valence-corrected chi connectivity index (χ0v) is 12.9. The number of hydrogen-bond acceptors (Lipinski definition) is 4. The highest BCUT2D eigenvalue weighted by Gasteiger charge is 2.38. The summed E-state index contributed by atoms with van der Waals surface area (Å²) in [4.78, 5) is 14.8. The van der Waals surface area contributed by atoms with Gasteiger partial charge in [-0.05, 0) is 32.0 Å². The third-order valence-electron chi connectivity index (χ3n) is 4.65. The number of benzene rings is 2. The number of aliphatic hydroxyl groups excluding tert-OH is 1. The second-order valence-corrected chi connectivity index (χ2v) is 6.59. The fraction of sp³-hybridized carbons (Fsp3) is 0.278. The van der Waals surface area contributed by atoms with Gasteiger partial charge in [-0.25, -0.2) is 0 Å². The number of carbonyl (C=O) groups is 1. The van der Waals surface area contributed by atoms with E-state index in [0.29, 0.717) is 17.7 Å². The molecule has 4 rings (SSSR count). The molecular weight excluding hydrogens is 294 g/mol. The van der Waals surface area contributed by atoms with Crippen LogP contribution < -0.4 is 4.74 Å². The first-order valence-electron chi connectivity index (χ1n) is 7.53. The summed E-state index contributed by atoms with van der Waals surface area (Å²) < 4.78 is 5.93. The van der Waals surface area contributed by atoms with Gasteiger partial charge >= 0.3 is 0 Å². The molecule has 23 heavy (non-hydrogen) atoms. The van der Waals surface area contributed by atoms with E-state index in [1.54, 1.807) is 18.2 Å². The average Bonchev–Trinajstić information content (AvgIpc) is 2.85. The van der Waals surface area contributed by atoms with Crippen LogP contribution in [0.25, 0.3) is 21.8 Å². The van der Waals surface area contributed by atoms with Gasteiger partial charge in [-0.15, -0.1) is 0 Å². The van der Waals surface area contributed by atoms with Crippen molar-refractivity contribution in [2.75, 3.05) is 0 Å². The Labute approximate surface area is 132 Å². The third kappa shape index (κ3) is 1.93. The molecule has 3 N–H and O–H groups in total. The highest BCUT2D eigenvalue weighted by molar-refractivity contribution is 6.11. The van der Waals surface area contributed by atoms with Crippen LogP contribution in [0.1, 0.15) is 29.8 Å². The Bertz CT molecular complexity index is 955. The number of H-pyrrole nitrogens is 1. The van der Waals surface area contributed by atoms with Crippen LogP contribution in [-0.2, 0) is 6.42 Å². The van der Waals surface area contributed by atoms with E-state index in [1.165, 1.54) is 0 Å². The lowest BCUT2D eigenvalue weighted by Crippen LogP contribution is -2.46. The van der Waals surface area contributed by atoms with Crippen molar-refractivity contribution in [3.05, 3.63) is 35.4 Å². The summed E-state index contributed by atoms with van der Waals surface area (Å²) in [5.41, 5.74) is 2.14. The standard InChI is InChI=1S/C18H17NO4/c1-18(2)15(22)7-13-16-12(5-9(8-20)17(13)23-18)11-4-3-10(21)6-14(11)19-16/h3-6,8,15,19,21-22H,7H2,1-2H3/t15-/m0/s1. The number of fused-ring (bicyclic) bond motifs is 5. The van der Waals surface area contributed by atoms with Crippen molar-refractivity contribution in [1.82, 2.24) is 4.98 Å². The molecule has 5 heteroatoms. The number of phenolic OH excluding ortho intramolecular Hbond substituents is 1. The second kappa shape index (κ2) is 4.49. The number of nitrogens with one attached hydrogen (secondary N) is 1. The molecule has 1 atom stereocenters. The summed E-state index contributed by atoms with van der Waals surface area (Å²) >= 11 is 0. The number of aromatic amines is 1. The summed E-state index contributed by atoms with van der Waals surface area (Å²) in [6.07, 6.45) is 0.518. The molecule has 2 heterocycles. The van der Waals surface area contributed by atoms with Gasteiger partial charge in [0.1, 0.15) is 17.1 Å². The van der Waals surface area contributed by atoms with Gasteiger partial charge in [0.15, 0.2) is 6.29 Å². The Morgan fingerprint density at radius 2 is 2.09 bits per heavy atom. The number of aromatic nitrogens is 1. The van der Waals surface area contributed by atoms with Gasteiger partial charge in [0.25, 0.3) is 0 Å². The molecule has 0 spiro atoms. The second-order valence-electron chi connectivity index (χ2n) is 6.59. The van der Waals surface area contributed by atoms with Crippen LogP contribution in [0.2, 0.25) is 0 Å². The largest absolute Gasteiger partial charge is 0.508 e. The van der Waals surface area contributed by atoms with Crippen molar-refractivity contribution in [2.24, 2.45) is 0 Å². The predicted molar refractivity (Wildman–Crippen MR) is 87.3 cm³/mol. The Hall–Kier alpha value is -2.53.